The number of carbonyl (C=O) groups is 2. The number of hydrogen-bond donors (Lipinski definition) is 0. The normalized spacial score (nSPS) is 11.3. The molecular formula is C15H28O4. The van der Waals surface area contributed by atoms with Crippen LogP contribution in [0.5, 0.6) is 0 Å². The standard InChI is InChI=1S/C15H28O4/c1-12(2)14(16)6-5-8-18-10-11-19-9-7-15(17)13(3)4/h12-13H,5-11H2,1-4H3. The molecule has 0 fully saturated rings. The first-order valence-corrected chi connectivity index (χ1v) is 7.16. The third-order valence-corrected chi connectivity index (χ3v) is 2.86. The fraction of sp³-hybridized carbons (Fsp3) is 0.867. The summed E-state index contributed by atoms with van der Waals surface area (Å²) in [6.45, 7) is 9.69. The highest BCUT2D eigenvalue weighted by molar-refractivity contribution is 5.80. The highest BCUT2D eigenvalue weighted by Crippen LogP contribution is 2.02. The lowest BCUT2D eigenvalue weighted by Gasteiger charge is -2.07. The second-order valence-electron chi connectivity index (χ2n) is 5.32. The molecule has 0 aromatic rings. The van der Waals surface area contributed by atoms with Crippen molar-refractivity contribution in [1.29, 1.82) is 0 Å². The summed E-state index contributed by atoms with van der Waals surface area (Å²) in [5.41, 5.74) is 0. The summed E-state index contributed by atoms with van der Waals surface area (Å²) >= 11 is 0. The quantitative estimate of drug-likeness (QED) is 0.512. The largest absolute Gasteiger partial charge is 0.379 e. The van der Waals surface area contributed by atoms with Gasteiger partial charge in [-0.3, -0.25) is 9.59 Å². The fourth-order valence-electron chi connectivity index (χ4n) is 1.42. The Morgan fingerprint density at radius 3 is 1.74 bits per heavy atom. The Balaban J connectivity index is 3.24. The van der Waals surface area contributed by atoms with Gasteiger partial charge in [0.15, 0.2) is 0 Å². The van der Waals surface area contributed by atoms with Crippen molar-refractivity contribution in [3.63, 3.8) is 0 Å². The highest BCUT2D eigenvalue weighted by atomic mass is 16.5. The summed E-state index contributed by atoms with van der Waals surface area (Å²) in [7, 11) is 0. The molecule has 0 aromatic heterocycles. The van der Waals surface area contributed by atoms with E-state index in [1.165, 1.54) is 0 Å². The Kier molecular flexibility index (Phi) is 10.7. The highest BCUT2D eigenvalue weighted by Gasteiger charge is 2.07. The second kappa shape index (κ2) is 11.1. The van der Waals surface area contributed by atoms with Gasteiger partial charge in [-0.05, 0) is 6.42 Å². The van der Waals surface area contributed by atoms with Crippen LogP contribution in [0.15, 0.2) is 0 Å². The predicted octanol–water partition coefficient (Wildman–Crippen LogP) is 2.64. The Morgan fingerprint density at radius 1 is 0.737 bits per heavy atom. The molecule has 0 radical (unpaired) electrons. The van der Waals surface area contributed by atoms with Crippen molar-refractivity contribution in [3.8, 4) is 0 Å². The Morgan fingerprint density at radius 2 is 1.21 bits per heavy atom. The minimum absolute atomic E-state index is 0.0818. The summed E-state index contributed by atoms with van der Waals surface area (Å²) in [6, 6.07) is 0. The van der Waals surface area contributed by atoms with Gasteiger partial charge in [0.1, 0.15) is 11.6 Å². The Bertz CT molecular complexity index is 233. The van der Waals surface area contributed by atoms with Crippen LogP contribution < -0.4 is 0 Å². The number of rotatable bonds is 12. The number of Topliss-reactive ketones (excluding diaryl/α,β-unsaturated/α-hetero) is 2. The molecule has 0 aromatic carbocycles. The zero-order chi connectivity index (χ0) is 14.7. The van der Waals surface area contributed by atoms with Gasteiger partial charge >= 0.3 is 0 Å². The third kappa shape index (κ3) is 10.8. The van der Waals surface area contributed by atoms with Crippen LogP contribution in [0.1, 0.15) is 47.0 Å². The molecule has 4 nitrogen and oxygen atoms in total. The Hall–Kier alpha value is -0.740. The van der Waals surface area contributed by atoms with E-state index in [0.717, 1.165) is 6.42 Å². The molecule has 0 heterocycles. The van der Waals surface area contributed by atoms with Crippen molar-refractivity contribution in [2.45, 2.75) is 47.0 Å². The Labute approximate surface area is 116 Å². The summed E-state index contributed by atoms with van der Waals surface area (Å²) in [4.78, 5) is 22.6. The van der Waals surface area contributed by atoms with E-state index < -0.39 is 0 Å². The molecular weight excluding hydrogens is 244 g/mol. The van der Waals surface area contributed by atoms with Gasteiger partial charge in [-0.2, -0.15) is 0 Å². The van der Waals surface area contributed by atoms with E-state index in [1.54, 1.807) is 0 Å². The number of ketones is 2. The molecule has 0 aliphatic carbocycles. The van der Waals surface area contributed by atoms with Crippen LogP contribution in [0.3, 0.4) is 0 Å². The first-order chi connectivity index (χ1) is 8.95. The van der Waals surface area contributed by atoms with Gasteiger partial charge < -0.3 is 9.47 Å². The van der Waals surface area contributed by atoms with Crippen LogP contribution in [0.4, 0.5) is 0 Å². The van der Waals surface area contributed by atoms with Crippen LogP contribution >= 0.6 is 0 Å². The number of hydrogen-bond acceptors (Lipinski definition) is 4. The van der Waals surface area contributed by atoms with Gasteiger partial charge in [-0.15, -0.1) is 0 Å². The molecule has 0 atom stereocenters. The molecule has 0 rings (SSSR count). The zero-order valence-corrected chi connectivity index (χ0v) is 12.7. The molecule has 0 unspecified atom stereocenters. The van der Waals surface area contributed by atoms with E-state index >= 15 is 0 Å². The van der Waals surface area contributed by atoms with E-state index in [-0.39, 0.29) is 23.4 Å². The van der Waals surface area contributed by atoms with Gasteiger partial charge in [0.2, 0.25) is 0 Å². The van der Waals surface area contributed by atoms with E-state index in [9.17, 15) is 9.59 Å². The van der Waals surface area contributed by atoms with Crippen molar-refractivity contribution >= 4 is 11.6 Å². The molecule has 0 saturated heterocycles. The molecule has 0 spiro atoms. The van der Waals surface area contributed by atoms with Crippen LogP contribution in [-0.2, 0) is 19.1 Å². The minimum atomic E-state index is 0.0818. The molecule has 112 valence electrons. The molecule has 4 heteroatoms. The molecule has 0 N–H and O–H groups in total. The lowest BCUT2D eigenvalue weighted by Crippen LogP contribution is -2.13. The first-order valence-electron chi connectivity index (χ1n) is 7.16. The summed E-state index contributed by atoms with van der Waals surface area (Å²) in [5.74, 6) is 0.709. The molecule has 0 bridgehead atoms. The number of ether oxygens (including phenoxy) is 2. The van der Waals surface area contributed by atoms with Crippen molar-refractivity contribution in [3.05, 3.63) is 0 Å². The molecule has 0 aliphatic rings. The average molecular weight is 272 g/mol. The maximum Gasteiger partial charge on any atom is 0.137 e. The summed E-state index contributed by atoms with van der Waals surface area (Å²) < 4.78 is 10.7. The third-order valence-electron chi connectivity index (χ3n) is 2.86. The van der Waals surface area contributed by atoms with E-state index in [1.807, 2.05) is 27.7 Å². The predicted molar refractivity (Wildman–Crippen MR) is 75.2 cm³/mol. The monoisotopic (exact) mass is 272 g/mol. The van der Waals surface area contributed by atoms with Crippen LogP contribution in [0.25, 0.3) is 0 Å². The van der Waals surface area contributed by atoms with Crippen molar-refractivity contribution in [2.75, 3.05) is 26.4 Å². The first kappa shape index (κ1) is 18.3. The lowest BCUT2D eigenvalue weighted by atomic mass is 10.1. The summed E-state index contributed by atoms with van der Waals surface area (Å²) in [6.07, 6.45) is 1.82. The fourth-order valence-corrected chi connectivity index (χ4v) is 1.42. The molecule has 0 saturated carbocycles. The van der Waals surface area contributed by atoms with Crippen LogP contribution in [0.2, 0.25) is 0 Å². The maximum atomic E-state index is 11.3. The van der Waals surface area contributed by atoms with Crippen molar-refractivity contribution in [1.82, 2.24) is 0 Å². The molecule has 0 aliphatic heterocycles. The molecule has 19 heavy (non-hydrogen) atoms. The van der Waals surface area contributed by atoms with Gasteiger partial charge in [0.05, 0.1) is 19.8 Å². The van der Waals surface area contributed by atoms with E-state index in [2.05, 4.69) is 0 Å². The van der Waals surface area contributed by atoms with Crippen molar-refractivity contribution < 1.29 is 19.1 Å². The minimum Gasteiger partial charge on any atom is -0.379 e. The van der Waals surface area contributed by atoms with Crippen LogP contribution in [0, 0.1) is 11.8 Å². The zero-order valence-electron chi connectivity index (χ0n) is 12.7. The number of carbonyl (C=O) groups excluding carboxylic acids is 2. The van der Waals surface area contributed by atoms with Crippen molar-refractivity contribution in [2.24, 2.45) is 11.8 Å². The van der Waals surface area contributed by atoms with E-state index in [0.29, 0.717) is 39.3 Å². The van der Waals surface area contributed by atoms with E-state index in [4.69, 9.17) is 9.47 Å². The van der Waals surface area contributed by atoms with Gasteiger partial charge in [-0.25, -0.2) is 0 Å². The second-order valence-corrected chi connectivity index (χ2v) is 5.32. The molecule has 0 amide bonds. The van der Waals surface area contributed by atoms with Gasteiger partial charge in [0.25, 0.3) is 0 Å². The topological polar surface area (TPSA) is 52.6 Å². The average Bonchev–Trinajstić information content (AvgIpc) is 2.35. The van der Waals surface area contributed by atoms with Crippen LogP contribution in [-0.4, -0.2) is 38.0 Å². The summed E-state index contributed by atoms with van der Waals surface area (Å²) in [5, 5.41) is 0. The van der Waals surface area contributed by atoms with Gasteiger partial charge in [0, 0.05) is 31.3 Å². The van der Waals surface area contributed by atoms with Gasteiger partial charge in [-0.1, -0.05) is 27.7 Å². The SMILES string of the molecule is CC(C)C(=O)CCCOCCOCCC(=O)C(C)C. The lowest BCUT2D eigenvalue weighted by molar-refractivity contribution is -0.123. The maximum absolute atomic E-state index is 11.3. The smallest absolute Gasteiger partial charge is 0.137 e.